The van der Waals surface area contributed by atoms with Crippen molar-refractivity contribution < 1.29 is 9.21 Å². The quantitative estimate of drug-likeness (QED) is 0.457. The van der Waals surface area contributed by atoms with Crippen molar-refractivity contribution in [1.82, 2.24) is 10.3 Å². The van der Waals surface area contributed by atoms with Crippen LogP contribution in [0.1, 0.15) is 25.4 Å². The van der Waals surface area contributed by atoms with Crippen LogP contribution in [0.2, 0.25) is 0 Å². The Morgan fingerprint density at radius 2 is 2.18 bits per heavy atom. The summed E-state index contributed by atoms with van der Waals surface area (Å²) in [7, 11) is 1.96. The molecule has 1 aromatic heterocycles. The first-order valence-electron chi connectivity index (χ1n) is 5.71. The Bertz CT molecular complexity index is 376. The number of hydrogen-bond donors (Lipinski definition) is 2. The third kappa shape index (κ3) is 3.57. The van der Waals surface area contributed by atoms with Gasteiger partial charge in [-0.05, 0) is 33.0 Å². The third-order valence-electron chi connectivity index (χ3n) is 3.18. The lowest BCUT2D eigenvalue weighted by Gasteiger charge is -2.27. The van der Waals surface area contributed by atoms with Crippen molar-refractivity contribution in [2.75, 3.05) is 7.05 Å². The summed E-state index contributed by atoms with van der Waals surface area (Å²) in [5.41, 5.74) is 2.18. The zero-order chi connectivity index (χ0) is 13.0. The second kappa shape index (κ2) is 5.84. The van der Waals surface area contributed by atoms with Crippen molar-refractivity contribution in [3.05, 3.63) is 23.7 Å². The Morgan fingerprint density at radius 3 is 2.65 bits per heavy atom. The van der Waals surface area contributed by atoms with Gasteiger partial charge >= 0.3 is 0 Å². The second-order valence-corrected chi connectivity index (χ2v) is 4.47. The van der Waals surface area contributed by atoms with Gasteiger partial charge in [-0.2, -0.15) is 0 Å². The van der Waals surface area contributed by atoms with E-state index in [1.165, 1.54) is 0 Å². The van der Waals surface area contributed by atoms with E-state index >= 15 is 0 Å². The van der Waals surface area contributed by atoms with Crippen LogP contribution in [-0.2, 0) is 11.3 Å². The van der Waals surface area contributed by atoms with Crippen LogP contribution in [0, 0.1) is 12.8 Å². The van der Waals surface area contributed by atoms with Crippen LogP contribution >= 0.6 is 0 Å². The molecule has 2 atom stereocenters. The molecule has 0 aromatic carbocycles. The molecular weight excluding hydrogens is 218 g/mol. The SMILES string of the molecule is Cc1ccc(CN(C)C(C)C(C)C(=O)NN)o1. The van der Waals surface area contributed by atoms with Gasteiger partial charge in [-0.3, -0.25) is 15.1 Å². The van der Waals surface area contributed by atoms with E-state index in [2.05, 4.69) is 10.3 Å². The maximum absolute atomic E-state index is 11.4. The Labute approximate surface area is 102 Å². The van der Waals surface area contributed by atoms with Gasteiger partial charge < -0.3 is 4.42 Å². The Morgan fingerprint density at radius 1 is 1.53 bits per heavy atom. The largest absolute Gasteiger partial charge is 0.465 e. The van der Waals surface area contributed by atoms with Crippen LogP contribution in [0.3, 0.4) is 0 Å². The van der Waals surface area contributed by atoms with Gasteiger partial charge in [0.05, 0.1) is 12.5 Å². The highest BCUT2D eigenvalue weighted by Gasteiger charge is 2.23. The molecule has 0 aliphatic rings. The number of hydrogen-bond acceptors (Lipinski definition) is 4. The van der Waals surface area contributed by atoms with Crippen LogP contribution in [0.25, 0.3) is 0 Å². The number of nitrogens with one attached hydrogen (secondary N) is 1. The topological polar surface area (TPSA) is 71.5 Å². The van der Waals surface area contributed by atoms with Gasteiger partial charge in [-0.25, -0.2) is 5.84 Å². The number of amides is 1. The summed E-state index contributed by atoms with van der Waals surface area (Å²) in [6.45, 7) is 6.45. The summed E-state index contributed by atoms with van der Waals surface area (Å²) in [6, 6.07) is 3.97. The van der Waals surface area contributed by atoms with E-state index in [0.29, 0.717) is 6.54 Å². The lowest BCUT2D eigenvalue weighted by molar-refractivity contribution is -0.126. The molecule has 1 heterocycles. The number of carbonyl (C=O) groups is 1. The fraction of sp³-hybridized carbons (Fsp3) is 0.583. The molecule has 17 heavy (non-hydrogen) atoms. The van der Waals surface area contributed by atoms with Gasteiger partial charge in [0.25, 0.3) is 0 Å². The van der Waals surface area contributed by atoms with Gasteiger partial charge in [0.2, 0.25) is 5.91 Å². The van der Waals surface area contributed by atoms with Crippen molar-refractivity contribution in [3.8, 4) is 0 Å². The molecule has 0 saturated carbocycles. The highest BCUT2D eigenvalue weighted by Crippen LogP contribution is 2.14. The van der Waals surface area contributed by atoms with Crippen molar-refractivity contribution in [2.45, 2.75) is 33.4 Å². The molecule has 1 rings (SSSR count). The van der Waals surface area contributed by atoms with Crippen LogP contribution < -0.4 is 11.3 Å². The molecule has 0 bridgehead atoms. The molecule has 0 fully saturated rings. The minimum Gasteiger partial charge on any atom is -0.465 e. The molecule has 0 aliphatic heterocycles. The highest BCUT2D eigenvalue weighted by molar-refractivity contribution is 5.78. The zero-order valence-corrected chi connectivity index (χ0v) is 10.9. The Kier molecular flexibility index (Phi) is 4.72. The van der Waals surface area contributed by atoms with Crippen LogP contribution in [-0.4, -0.2) is 23.9 Å². The molecule has 2 unspecified atom stereocenters. The van der Waals surface area contributed by atoms with Crippen molar-refractivity contribution >= 4 is 5.91 Å². The number of aryl methyl sites for hydroxylation is 1. The number of rotatable bonds is 5. The van der Waals surface area contributed by atoms with E-state index in [1.807, 2.05) is 40.0 Å². The summed E-state index contributed by atoms with van der Waals surface area (Å²) in [4.78, 5) is 13.5. The molecular formula is C12H21N3O2. The van der Waals surface area contributed by atoms with E-state index in [9.17, 15) is 4.79 Å². The number of nitrogens with two attached hydrogens (primary N) is 1. The number of nitrogens with zero attached hydrogens (tertiary/aromatic N) is 1. The molecule has 0 radical (unpaired) electrons. The van der Waals surface area contributed by atoms with Gasteiger partial charge in [0.15, 0.2) is 0 Å². The molecule has 1 amide bonds. The first-order valence-corrected chi connectivity index (χ1v) is 5.71. The summed E-state index contributed by atoms with van der Waals surface area (Å²) >= 11 is 0. The first-order chi connectivity index (χ1) is 7.95. The second-order valence-electron chi connectivity index (χ2n) is 4.47. The molecule has 5 nitrogen and oxygen atoms in total. The van der Waals surface area contributed by atoms with Gasteiger partial charge in [-0.15, -0.1) is 0 Å². The minimum absolute atomic E-state index is 0.0870. The van der Waals surface area contributed by atoms with E-state index < -0.39 is 0 Å². The lowest BCUT2D eigenvalue weighted by Crippen LogP contribution is -2.44. The van der Waals surface area contributed by atoms with Crippen LogP contribution in [0.15, 0.2) is 16.5 Å². The monoisotopic (exact) mass is 239 g/mol. The van der Waals surface area contributed by atoms with Crippen molar-refractivity contribution in [1.29, 1.82) is 0 Å². The maximum Gasteiger partial charge on any atom is 0.238 e. The maximum atomic E-state index is 11.4. The number of furan rings is 1. The molecule has 3 N–H and O–H groups in total. The van der Waals surface area contributed by atoms with Crippen molar-refractivity contribution in [2.24, 2.45) is 11.8 Å². The van der Waals surface area contributed by atoms with Crippen LogP contribution in [0.4, 0.5) is 0 Å². The van der Waals surface area contributed by atoms with E-state index in [4.69, 9.17) is 10.3 Å². The first kappa shape index (κ1) is 13.7. The average molecular weight is 239 g/mol. The predicted octanol–water partition coefficient (Wildman–Crippen LogP) is 1.03. The summed E-state index contributed by atoms with van der Waals surface area (Å²) in [5.74, 6) is 6.61. The summed E-state index contributed by atoms with van der Waals surface area (Å²) in [5, 5.41) is 0. The smallest absolute Gasteiger partial charge is 0.238 e. The fourth-order valence-corrected chi connectivity index (χ4v) is 1.69. The standard InChI is InChI=1S/C12H21N3O2/c1-8-5-6-11(17-8)7-15(4)10(3)9(2)12(16)14-13/h5-6,9-10H,7,13H2,1-4H3,(H,14,16). The normalized spacial score (nSPS) is 14.7. The Balaban J connectivity index is 2.57. The molecule has 0 spiro atoms. The zero-order valence-electron chi connectivity index (χ0n) is 10.9. The molecule has 0 aliphatic carbocycles. The van der Waals surface area contributed by atoms with Gasteiger partial charge in [0, 0.05) is 6.04 Å². The Hall–Kier alpha value is -1.33. The highest BCUT2D eigenvalue weighted by atomic mass is 16.3. The van der Waals surface area contributed by atoms with E-state index in [-0.39, 0.29) is 17.9 Å². The summed E-state index contributed by atoms with van der Waals surface area (Å²) < 4.78 is 5.50. The van der Waals surface area contributed by atoms with Crippen molar-refractivity contribution in [3.63, 3.8) is 0 Å². The third-order valence-corrected chi connectivity index (χ3v) is 3.18. The number of hydrazine groups is 1. The van der Waals surface area contributed by atoms with E-state index in [1.54, 1.807) is 0 Å². The van der Waals surface area contributed by atoms with Gasteiger partial charge in [0.1, 0.15) is 11.5 Å². The molecule has 1 aromatic rings. The van der Waals surface area contributed by atoms with Gasteiger partial charge in [-0.1, -0.05) is 6.92 Å². The predicted molar refractivity (Wildman–Crippen MR) is 65.9 cm³/mol. The van der Waals surface area contributed by atoms with E-state index in [0.717, 1.165) is 11.5 Å². The molecule has 96 valence electrons. The molecule has 0 saturated heterocycles. The average Bonchev–Trinajstić information content (AvgIpc) is 2.71. The van der Waals surface area contributed by atoms with Crippen LogP contribution in [0.5, 0.6) is 0 Å². The molecule has 5 heteroatoms. The summed E-state index contributed by atoms with van der Waals surface area (Å²) in [6.07, 6.45) is 0. The fourth-order valence-electron chi connectivity index (χ4n) is 1.69. The minimum atomic E-state index is -0.166. The lowest BCUT2D eigenvalue weighted by atomic mass is 10.0. The number of carbonyl (C=O) groups excluding carboxylic acids is 1.